The van der Waals surface area contributed by atoms with E-state index in [1.807, 2.05) is 13.8 Å². The zero-order valence-electron chi connectivity index (χ0n) is 9.89. The number of hydrogen-bond acceptors (Lipinski definition) is 2. The molecule has 0 aromatic heterocycles. The Morgan fingerprint density at radius 3 is 2.00 bits per heavy atom. The monoisotopic (exact) mass is 188 g/mol. The third-order valence-corrected chi connectivity index (χ3v) is 2.25. The predicted molar refractivity (Wildman–Crippen MR) is 55.4 cm³/mol. The molecule has 0 saturated carbocycles. The molecule has 0 rings (SSSR count). The van der Waals surface area contributed by atoms with Crippen LogP contribution >= 0.6 is 0 Å². The minimum absolute atomic E-state index is 0.150. The van der Waals surface area contributed by atoms with Crippen LogP contribution in [-0.2, 0) is 9.78 Å². The van der Waals surface area contributed by atoms with E-state index in [2.05, 4.69) is 27.7 Å². The van der Waals surface area contributed by atoms with Gasteiger partial charge in [-0.05, 0) is 25.2 Å². The van der Waals surface area contributed by atoms with Crippen LogP contribution in [0.1, 0.15) is 48.0 Å². The summed E-state index contributed by atoms with van der Waals surface area (Å²) in [5.41, 5.74) is 0.301. The summed E-state index contributed by atoms with van der Waals surface area (Å²) in [4.78, 5) is 10.2. The van der Waals surface area contributed by atoms with Crippen molar-refractivity contribution in [2.75, 3.05) is 6.61 Å². The van der Waals surface area contributed by atoms with Crippen LogP contribution in [0.15, 0.2) is 0 Å². The van der Waals surface area contributed by atoms with Crippen LogP contribution in [0, 0.1) is 11.3 Å². The van der Waals surface area contributed by atoms with Crippen LogP contribution in [0.2, 0.25) is 0 Å². The molecule has 0 N–H and O–H groups in total. The van der Waals surface area contributed by atoms with Gasteiger partial charge in [0.05, 0.1) is 12.7 Å². The second-order valence-corrected chi connectivity index (χ2v) is 4.90. The van der Waals surface area contributed by atoms with Gasteiger partial charge in [0.1, 0.15) is 0 Å². The highest BCUT2D eigenvalue weighted by Gasteiger charge is 2.23. The Morgan fingerprint density at radius 2 is 1.69 bits per heavy atom. The summed E-state index contributed by atoms with van der Waals surface area (Å²) in [6.45, 7) is 13.5. The van der Waals surface area contributed by atoms with Gasteiger partial charge in [-0.25, -0.2) is 9.78 Å². The van der Waals surface area contributed by atoms with Crippen LogP contribution in [0.4, 0.5) is 0 Å². The molecule has 13 heavy (non-hydrogen) atoms. The Hall–Kier alpha value is -0.0800. The van der Waals surface area contributed by atoms with Crippen LogP contribution < -0.4 is 0 Å². The highest BCUT2D eigenvalue weighted by Crippen LogP contribution is 2.28. The second-order valence-electron chi connectivity index (χ2n) is 4.90. The molecule has 0 fully saturated rings. The lowest BCUT2D eigenvalue weighted by molar-refractivity contribution is -0.326. The number of rotatable bonds is 5. The van der Waals surface area contributed by atoms with E-state index >= 15 is 0 Å². The molecular weight excluding hydrogens is 164 g/mol. The van der Waals surface area contributed by atoms with Crippen molar-refractivity contribution in [3.8, 4) is 0 Å². The topological polar surface area (TPSA) is 18.5 Å². The first-order valence-corrected chi connectivity index (χ1v) is 5.16. The molecule has 0 radical (unpaired) electrons. The van der Waals surface area contributed by atoms with Crippen molar-refractivity contribution in [2.45, 2.75) is 54.1 Å². The summed E-state index contributed by atoms with van der Waals surface area (Å²) in [6, 6.07) is 0. The quantitative estimate of drug-likeness (QED) is 0.486. The van der Waals surface area contributed by atoms with Gasteiger partial charge in [-0.15, -0.1) is 0 Å². The standard InChI is InChI=1S/C11H24O2/c1-7-10(11(4,5)6)8-12-13-9(2)3/h9-10H,7-8H2,1-6H3. The zero-order chi connectivity index (χ0) is 10.5. The lowest BCUT2D eigenvalue weighted by Gasteiger charge is -2.29. The van der Waals surface area contributed by atoms with E-state index in [0.29, 0.717) is 17.9 Å². The van der Waals surface area contributed by atoms with Gasteiger partial charge in [0.2, 0.25) is 0 Å². The summed E-state index contributed by atoms with van der Waals surface area (Å²) in [5.74, 6) is 0.561. The molecular formula is C11H24O2. The minimum Gasteiger partial charge on any atom is -0.236 e. The first-order chi connectivity index (χ1) is 5.88. The molecule has 1 atom stereocenters. The predicted octanol–water partition coefficient (Wildman–Crippen LogP) is 3.42. The van der Waals surface area contributed by atoms with Crippen molar-refractivity contribution >= 4 is 0 Å². The first kappa shape index (κ1) is 12.9. The molecule has 0 aromatic rings. The van der Waals surface area contributed by atoms with Gasteiger partial charge in [-0.3, -0.25) is 0 Å². The molecule has 2 nitrogen and oxygen atoms in total. The Bertz CT molecular complexity index is 125. The smallest absolute Gasteiger partial charge is 0.0873 e. The van der Waals surface area contributed by atoms with Crippen molar-refractivity contribution in [3.05, 3.63) is 0 Å². The van der Waals surface area contributed by atoms with Crippen LogP contribution in [-0.4, -0.2) is 12.7 Å². The van der Waals surface area contributed by atoms with Gasteiger partial charge in [-0.1, -0.05) is 34.1 Å². The Labute approximate surface area is 82.5 Å². The van der Waals surface area contributed by atoms with Crippen molar-refractivity contribution in [1.29, 1.82) is 0 Å². The third-order valence-electron chi connectivity index (χ3n) is 2.25. The summed E-state index contributed by atoms with van der Waals surface area (Å²) in [6.07, 6.45) is 1.28. The van der Waals surface area contributed by atoms with Crippen LogP contribution in [0.5, 0.6) is 0 Å². The maximum atomic E-state index is 5.17. The largest absolute Gasteiger partial charge is 0.236 e. The van der Waals surface area contributed by atoms with E-state index in [0.717, 1.165) is 6.42 Å². The van der Waals surface area contributed by atoms with Crippen molar-refractivity contribution in [3.63, 3.8) is 0 Å². The Balaban J connectivity index is 3.73. The maximum absolute atomic E-state index is 5.17. The molecule has 0 aromatic carbocycles. The molecule has 0 heterocycles. The molecule has 0 aliphatic carbocycles. The van der Waals surface area contributed by atoms with E-state index < -0.39 is 0 Å². The Kier molecular flexibility index (Phi) is 5.57. The summed E-state index contributed by atoms with van der Waals surface area (Å²) in [5, 5.41) is 0. The summed E-state index contributed by atoms with van der Waals surface area (Å²) >= 11 is 0. The lowest BCUT2D eigenvalue weighted by Crippen LogP contribution is -2.25. The highest BCUT2D eigenvalue weighted by molar-refractivity contribution is 4.71. The van der Waals surface area contributed by atoms with Gasteiger partial charge in [0.25, 0.3) is 0 Å². The van der Waals surface area contributed by atoms with E-state index in [1.54, 1.807) is 0 Å². The zero-order valence-corrected chi connectivity index (χ0v) is 9.89. The third kappa shape index (κ3) is 6.05. The minimum atomic E-state index is 0.150. The van der Waals surface area contributed by atoms with Crippen molar-refractivity contribution in [2.24, 2.45) is 11.3 Å². The molecule has 0 amide bonds. The molecule has 80 valence electrons. The van der Waals surface area contributed by atoms with Crippen LogP contribution in [0.3, 0.4) is 0 Å². The lowest BCUT2D eigenvalue weighted by atomic mass is 9.80. The normalized spacial score (nSPS) is 15.0. The first-order valence-electron chi connectivity index (χ1n) is 5.16. The molecule has 0 aliphatic rings. The second kappa shape index (κ2) is 5.61. The number of hydrogen-bond donors (Lipinski definition) is 0. The van der Waals surface area contributed by atoms with Crippen LogP contribution in [0.25, 0.3) is 0 Å². The SMILES string of the molecule is CCC(COOC(C)C)C(C)(C)C. The average Bonchev–Trinajstić information content (AvgIpc) is 1.95. The maximum Gasteiger partial charge on any atom is 0.0873 e. The van der Waals surface area contributed by atoms with Gasteiger partial charge in [0.15, 0.2) is 0 Å². The fraction of sp³-hybridized carbons (Fsp3) is 1.00. The van der Waals surface area contributed by atoms with Crippen molar-refractivity contribution < 1.29 is 9.78 Å². The molecule has 1 unspecified atom stereocenters. The van der Waals surface area contributed by atoms with E-state index in [9.17, 15) is 0 Å². The van der Waals surface area contributed by atoms with E-state index in [1.165, 1.54) is 0 Å². The molecule has 0 saturated heterocycles. The molecule has 2 heteroatoms. The van der Waals surface area contributed by atoms with Gasteiger partial charge >= 0.3 is 0 Å². The average molecular weight is 188 g/mol. The Morgan fingerprint density at radius 1 is 1.15 bits per heavy atom. The molecule has 0 spiro atoms. The molecule has 0 bridgehead atoms. The van der Waals surface area contributed by atoms with Gasteiger partial charge < -0.3 is 0 Å². The van der Waals surface area contributed by atoms with Gasteiger partial charge in [0, 0.05) is 0 Å². The van der Waals surface area contributed by atoms with E-state index in [-0.39, 0.29) is 6.10 Å². The van der Waals surface area contributed by atoms with Crippen molar-refractivity contribution in [1.82, 2.24) is 0 Å². The fourth-order valence-electron chi connectivity index (χ4n) is 1.24. The van der Waals surface area contributed by atoms with E-state index in [4.69, 9.17) is 9.78 Å². The molecule has 0 aliphatic heterocycles. The fourth-order valence-corrected chi connectivity index (χ4v) is 1.24. The van der Waals surface area contributed by atoms with Gasteiger partial charge in [-0.2, -0.15) is 0 Å². The highest BCUT2D eigenvalue weighted by atomic mass is 17.2. The summed E-state index contributed by atoms with van der Waals surface area (Å²) in [7, 11) is 0. The summed E-state index contributed by atoms with van der Waals surface area (Å²) < 4.78 is 0.